The number of allylic oxidation sites excluding steroid dienone is 3. The normalized spacial score (nSPS) is 11.9. The lowest BCUT2D eigenvalue weighted by molar-refractivity contribution is -0.274. The molecule has 1 aromatic heterocycles. The average Bonchev–Trinajstić information content (AvgIpc) is 3.20. The topological polar surface area (TPSA) is 90.4 Å². The fraction of sp³-hybridized carbons (Fsp3) is 0.304. The van der Waals surface area contributed by atoms with Crippen LogP contribution >= 0.6 is 11.3 Å². The first-order valence-corrected chi connectivity index (χ1v) is 11.1. The highest BCUT2D eigenvalue weighted by Crippen LogP contribution is 2.24. The molecule has 1 amide bonds. The zero-order valence-corrected chi connectivity index (χ0v) is 19.2. The van der Waals surface area contributed by atoms with Crippen molar-refractivity contribution in [3.63, 3.8) is 0 Å². The van der Waals surface area contributed by atoms with Crippen LogP contribution in [0.25, 0.3) is 0 Å². The quantitative estimate of drug-likeness (QED) is 0.189. The molecule has 0 spiro atoms. The minimum absolute atomic E-state index is 0.147. The number of carbonyl (C=O) groups is 2. The second-order valence-corrected chi connectivity index (χ2v) is 7.92. The minimum atomic E-state index is -4.80. The summed E-state index contributed by atoms with van der Waals surface area (Å²) in [6.45, 7) is 5.56. The molecule has 2 aromatic rings. The summed E-state index contributed by atoms with van der Waals surface area (Å²) in [6.07, 6.45) is 3.49. The van der Waals surface area contributed by atoms with E-state index in [2.05, 4.69) is 26.8 Å². The molecule has 2 rings (SSSR count). The van der Waals surface area contributed by atoms with Gasteiger partial charge in [0.1, 0.15) is 10.8 Å². The second kappa shape index (κ2) is 13.3. The Kier molecular flexibility index (Phi) is 10.5. The summed E-state index contributed by atoms with van der Waals surface area (Å²) in [5.74, 6) is -1.24. The van der Waals surface area contributed by atoms with Crippen LogP contribution < -0.4 is 10.1 Å². The number of nitrogens with zero attached hydrogens (tertiary/aromatic N) is 2. The van der Waals surface area contributed by atoms with E-state index >= 15 is 0 Å². The summed E-state index contributed by atoms with van der Waals surface area (Å²) in [5.41, 5.74) is 0.809. The van der Waals surface area contributed by atoms with Crippen molar-refractivity contribution in [1.29, 1.82) is 0 Å². The first kappa shape index (κ1) is 26.8. The Morgan fingerprint density at radius 2 is 2.03 bits per heavy atom. The number of aryl methyl sites for hydroxylation is 1. The van der Waals surface area contributed by atoms with Crippen LogP contribution in [0.5, 0.6) is 5.75 Å². The molecule has 0 aliphatic carbocycles. The molecule has 1 heterocycles. The van der Waals surface area contributed by atoms with Gasteiger partial charge in [0, 0.05) is 6.42 Å². The van der Waals surface area contributed by atoms with Crippen molar-refractivity contribution in [3.05, 3.63) is 71.3 Å². The van der Waals surface area contributed by atoms with E-state index < -0.39 is 24.0 Å². The third-order valence-corrected chi connectivity index (χ3v) is 5.09. The van der Waals surface area contributed by atoms with E-state index in [1.54, 1.807) is 31.2 Å². The highest BCUT2D eigenvalue weighted by Gasteiger charge is 2.31. The first-order chi connectivity index (χ1) is 16.2. The molecule has 0 saturated heterocycles. The van der Waals surface area contributed by atoms with Crippen LogP contribution in [-0.4, -0.2) is 35.0 Å². The van der Waals surface area contributed by atoms with Crippen LogP contribution in [0.1, 0.15) is 30.3 Å². The van der Waals surface area contributed by atoms with Gasteiger partial charge in [0.15, 0.2) is 0 Å². The van der Waals surface area contributed by atoms with Gasteiger partial charge in [-0.15, -0.1) is 23.4 Å². The maximum atomic E-state index is 12.3. The predicted octanol–water partition coefficient (Wildman–Crippen LogP) is 5.17. The summed E-state index contributed by atoms with van der Waals surface area (Å²) in [4.78, 5) is 24.1. The number of esters is 1. The van der Waals surface area contributed by atoms with Crippen LogP contribution in [0, 0.1) is 0 Å². The van der Waals surface area contributed by atoms with Crippen molar-refractivity contribution >= 4 is 28.3 Å². The molecule has 11 heteroatoms. The van der Waals surface area contributed by atoms with E-state index in [1.165, 1.54) is 23.5 Å². The number of nitrogens with one attached hydrogen (secondary N) is 1. The average molecular weight is 496 g/mol. The maximum Gasteiger partial charge on any atom is 0.573 e. The van der Waals surface area contributed by atoms with Gasteiger partial charge in [-0.25, -0.2) is 4.79 Å². The molecule has 0 fully saturated rings. The number of benzene rings is 1. The van der Waals surface area contributed by atoms with Gasteiger partial charge in [-0.05, 0) is 43.5 Å². The van der Waals surface area contributed by atoms with Crippen LogP contribution in [0.2, 0.25) is 0 Å². The molecule has 1 N–H and O–H groups in total. The molecule has 0 saturated carbocycles. The molecule has 0 unspecified atom stereocenters. The number of amides is 1. The molecule has 34 heavy (non-hydrogen) atoms. The number of hydrogen-bond acceptors (Lipinski definition) is 7. The number of anilines is 1. The smallest absolute Gasteiger partial charge is 0.462 e. The highest BCUT2D eigenvalue weighted by molar-refractivity contribution is 7.15. The molecule has 0 aliphatic rings. The number of carbonyl (C=O) groups excluding carboxylic acids is 2. The fourth-order valence-corrected chi connectivity index (χ4v) is 3.48. The molecule has 0 radical (unpaired) electrons. The maximum absolute atomic E-state index is 12.3. The van der Waals surface area contributed by atoms with Crippen LogP contribution in [0.15, 0.2) is 60.7 Å². The summed E-state index contributed by atoms with van der Waals surface area (Å²) in [5, 5.41) is 11.5. The SMILES string of the molecule is C=C/C=C\C(=C/C)C(=O)OCCCCc1nnc(NC(=O)Cc2cccc(OC(F)(F)F)c2)s1. The van der Waals surface area contributed by atoms with E-state index in [1.807, 2.05) is 0 Å². The van der Waals surface area contributed by atoms with Crippen molar-refractivity contribution in [2.24, 2.45) is 0 Å². The van der Waals surface area contributed by atoms with Crippen molar-refractivity contribution in [1.82, 2.24) is 10.2 Å². The third-order valence-electron chi connectivity index (χ3n) is 4.19. The summed E-state index contributed by atoms with van der Waals surface area (Å²) >= 11 is 1.20. The lowest BCUT2D eigenvalue weighted by Gasteiger charge is -2.09. The van der Waals surface area contributed by atoms with Crippen molar-refractivity contribution in [2.45, 2.75) is 39.0 Å². The molecule has 1 aromatic carbocycles. The molecule has 7 nitrogen and oxygen atoms in total. The van der Waals surface area contributed by atoms with Gasteiger partial charge in [0.05, 0.1) is 18.6 Å². The zero-order valence-electron chi connectivity index (χ0n) is 18.4. The van der Waals surface area contributed by atoms with Gasteiger partial charge in [-0.3, -0.25) is 4.79 Å². The van der Waals surface area contributed by atoms with E-state index in [9.17, 15) is 22.8 Å². The monoisotopic (exact) mass is 495 g/mol. The summed E-state index contributed by atoms with van der Waals surface area (Å²) in [7, 11) is 0. The number of halogens is 3. The van der Waals surface area contributed by atoms with Gasteiger partial charge in [-0.2, -0.15) is 0 Å². The molecule has 0 atom stereocenters. The Morgan fingerprint density at radius 3 is 2.74 bits per heavy atom. The number of unbranched alkanes of at least 4 members (excludes halogenated alkanes) is 1. The van der Waals surface area contributed by atoms with E-state index in [4.69, 9.17) is 4.74 Å². The standard InChI is InChI=1S/C23H24F3N3O4S/c1-3-5-10-17(4-2)21(31)32-13-7-6-12-20-28-29-22(34-20)27-19(30)15-16-9-8-11-18(14-16)33-23(24,25)26/h3-5,8-11,14H,1,6-7,12-13,15H2,2H3,(H,27,29,30)/b10-5-,17-4+. The lowest BCUT2D eigenvalue weighted by Crippen LogP contribution is -2.17. The Morgan fingerprint density at radius 1 is 1.24 bits per heavy atom. The van der Waals surface area contributed by atoms with Crippen LogP contribution in [-0.2, 0) is 27.2 Å². The zero-order chi connectivity index (χ0) is 25.0. The Hall–Kier alpha value is -3.47. The lowest BCUT2D eigenvalue weighted by atomic mass is 10.1. The first-order valence-electron chi connectivity index (χ1n) is 10.3. The third kappa shape index (κ3) is 9.99. The van der Waals surface area contributed by atoms with E-state index in [-0.39, 0.29) is 13.0 Å². The van der Waals surface area contributed by atoms with Crippen molar-refractivity contribution < 1.29 is 32.2 Å². The number of aromatic nitrogens is 2. The van der Waals surface area contributed by atoms with Crippen molar-refractivity contribution in [2.75, 3.05) is 11.9 Å². The molecule has 0 aliphatic heterocycles. The fourth-order valence-electron chi connectivity index (χ4n) is 2.69. The molecule has 0 bridgehead atoms. The number of hydrogen-bond donors (Lipinski definition) is 1. The molecule has 182 valence electrons. The van der Waals surface area contributed by atoms with E-state index in [0.717, 1.165) is 12.1 Å². The predicted molar refractivity (Wildman–Crippen MR) is 122 cm³/mol. The van der Waals surface area contributed by atoms with Crippen molar-refractivity contribution in [3.8, 4) is 5.75 Å². The second-order valence-electron chi connectivity index (χ2n) is 6.85. The summed E-state index contributed by atoms with van der Waals surface area (Å²) < 4.78 is 46.1. The Bertz CT molecular complexity index is 1050. The Balaban J connectivity index is 1.74. The molecular weight excluding hydrogens is 471 g/mol. The minimum Gasteiger partial charge on any atom is -0.462 e. The van der Waals surface area contributed by atoms with Gasteiger partial charge >= 0.3 is 12.3 Å². The largest absolute Gasteiger partial charge is 0.573 e. The Labute approximate surface area is 199 Å². The van der Waals surface area contributed by atoms with E-state index in [0.29, 0.717) is 40.5 Å². The van der Waals surface area contributed by atoms with Gasteiger partial charge in [-0.1, -0.05) is 48.3 Å². The number of alkyl halides is 3. The van der Waals surface area contributed by atoms with Gasteiger partial charge in [0.2, 0.25) is 11.0 Å². The van der Waals surface area contributed by atoms with Gasteiger partial charge < -0.3 is 14.8 Å². The van der Waals surface area contributed by atoms with Crippen LogP contribution in [0.3, 0.4) is 0 Å². The van der Waals surface area contributed by atoms with Crippen LogP contribution in [0.4, 0.5) is 18.3 Å². The highest BCUT2D eigenvalue weighted by atomic mass is 32.1. The number of rotatable bonds is 12. The van der Waals surface area contributed by atoms with Gasteiger partial charge in [0.25, 0.3) is 0 Å². The summed E-state index contributed by atoms with van der Waals surface area (Å²) in [6, 6.07) is 5.21. The molecular formula is C23H24F3N3O4S. The number of ether oxygens (including phenoxy) is 2.